The van der Waals surface area contributed by atoms with Gasteiger partial charge in [0.1, 0.15) is 5.54 Å². The molecule has 8 heteroatoms. The highest BCUT2D eigenvalue weighted by Gasteiger charge is 2.59. The quantitative estimate of drug-likeness (QED) is 0.783. The highest BCUT2D eigenvalue weighted by atomic mass is 19.4. The number of carbonyl (C=O) groups is 2. The maximum absolute atomic E-state index is 12.9. The van der Waals surface area contributed by atoms with Crippen molar-refractivity contribution in [2.75, 3.05) is 0 Å². The van der Waals surface area contributed by atoms with E-state index in [1.165, 1.54) is 24.4 Å². The predicted molar refractivity (Wildman–Crippen MR) is 68.2 cm³/mol. The molecule has 0 heterocycles. The second-order valence-electron chi connectivity index (χ2n) is 4.95. The third-order valence-electron chi connectivity index (χ3n) is 3.20. The molecule has 1 aromatic carbocycles. The van der Waals surface area contributed by atoms with Gasteiger partial charge in [-0.3, -0.25) is 4.79 Å². The number of amides is 1. The Morgan fingerprint density at radius 2 is 1.62 bits per heavy atom. The third-order valence-corrected chi connectivity index (χ3v) is 3.20. The summed E-state index contributed by atoms with van der Waals surface area (Å²) >= 11 is 0. The van der Waals surface area contributed by atoms with Crippen LogP contribution in [0.1, 0.15) is 19.4 Å². The second kappa shape index (κ2) is 5.36. The van der Waals surface area contributed by atoms with Crippen LogP contribution in [0.25, 0.3) is 0 Å². The van der Waals surface area contributed by atoms with Crippen molar-refractivity contribution in [3.63, 3.8) is 0 Å². The average Bonchev–Trinajstić information content (AvgIpc) is 2.37. The van der Waals surface area contributed by atoms with Crippen LogP contribution in [0.5, 0.6) is 0 Å². The predicted octanol–water partition coefficient (Wildman–Crippen LogP) is 1.38. The number of carbonyl (C=O) groups excluding carboxylic acids is 1. The number of nitrogens with two attached hydrogens (primary N) is 1. The number of halogens is 3. The van der Waals surface area contributed by atoms with Gasteiger partial charge in [0.25, 0.3) is 0 Å². The summed E-state index contributed by atoms with van der Waals surface area (Å²) in [5, 5.41) is 10.3. The van der Waals surface area contributed by atoms with Crippen molar-refractivity contribution in [2.24, 2.45) is 5.73 Å². The molecule has 4 N–H and O–H groups in total. The van der Waals surface area contributed by atoms with Gasteiger partial charge in [-0.05, 0) is 19.4 Å². The Morgan fingerprint density at radius 3 is 2.00 bits per heavy atom. The lowest BCUT2D eigenvalue weighted by Crippen LogP contribution is -2.65. The number of benzene rings is 1. The van der Waals surface area contributed by atoms with Crippen molar-refractivity contribution in [3.05, 3.63) is 35.9 Å². The molecule has 0 aliphatic rings. The van der Waals surface area contributed by atoms with Crippen LogP contribution < -0.4 is 11.1 Å². The van der Waals surface area contributed by atoms with Crippen LogP contribution in [0.15, 0.2) is 30.3 Å². The van der Waals surface area contributed by atoms with Gasteiger partial charge in [-0.2, -0.15) is 13.2 Å². The number of hydrogen-bond acceptors (Lipinski definition) is 3. The van der Waals surface area contributed by atoms with Crippen LogP contribution in [0.3, 0.4) is 0 Å². The van der Waals surface area contributed by atoms with Crippen LogP contribution >= 0.6 is 0 Å². The largest absolute Gasteiger partial charge is 0.479 e. The highest BCUT2D eigenvalue weighted by molar-refractivity contribution is 5.92. The van der Waals surface area contributed by atoms with Gasteiger partial charge < -0.3 is 16.2 Å². The number of nitrogens with one attached hydrogen (secondary N) is 1. The molecule has 0 fully saturated rings. The van der Waals surface area contributed by atoms with E-state index in [9.17, 15) is 22.8 Å². The van der Waals surface area contributed by atoms with Gasteiger partial charge in [0.2, 0.25) is 11.4 Å². The maximum Gasteiger partial charge on any atom is 0.422 e. The number of alkyl halides is 3. The summed E-state index contributed by atoms with van der Waals surface area (Å²) in [5.41, 5.74) is 0.802. The van der Waals surface area contributed by atoms with E-state index in [1.54, 1.807) is 18.2 Å². The Kier molecular flexibility index (Phi) is 4.33. The zero-order valence-corrected chi connectivity index (χ0v) is 11.4. The molecule has 0 radical (unpaired) electrons. The topological polar surface area (TPSA) is 92.4 Å². The highest BCUT2D eigenvalue weighted by Crippen LogP contribution is 2.31. The van der Waals surface area contributed by atoms with E-state index in [1.807, 2.05) is 0 Å². The van der Waals surface area contributed by atoms with Crippen molar-refractivity contribution < 1.29 is 27.9 Å². The molecule has 2 unspecified atom stereocenters. The lowest BCUT2D eigenvalue weighted by molar-refractivity contribution is -0.207. The van der Waals surface area contributed by atoms with Gasteiger partial charge >= 0.3 is 12.1 Å². The first kappa shape index (κ1) is 17.0. The molecule has 5 nitrogen and oxygen atoms in total. The SMILES string of the molecule is CC(N)(C(=O)NC(C)(C(=O)O)C(F)(F)F)c1ccccc1. The molecular weight excluding hydrogens is 289 g/mol. The summed E-state index contributed by atoms with van der Waals surface area (Å²) in [6.07, 6.45) is -5.17. The Morgan fingerprint density at radius 1 is 1.14 bits per heavy atom. The Balaban J connectivity index is 3.12. The fourth-order valence-electron chi connectivity index (χ4n) is 1.52. The van der Waals surface area contributed by atoms with E-state index < -0.39 is 29.1 Å². The number of rotatable bonds is 4. The normalized spacial score (nSPS) is 17.4. The lowest BCUT2D eigenvalue weighted by Gasteiger charge is -2.33. The van der Waals surface area contributed by atoms with Crippen molar-refractivity contribution in [1.82, 2.24) is 5.32 Å². The fraction of sp³-hybridized carbons (Fsp3) is 0.385. The van der Waals surface area contributed by atoms with E-state index in [2.05, 4.69) is 0 Å². The molecule has 0 aliphatic carbocycles. The summed E-state index contributed by atoms with van der Waals surface area (Å²) in [4.78, 5) is 22.9. The zero-order valence-electron chi connectivity index (χ0n) is 11.4. The molecule has 21 heavy (non-hydrogen) atoms. The summed E-state index contributed by atoms with van der Waals surface area (Å²) in [5.74, 6) is -3.46. The molecule has 0 saturated heterocycles. The first-order valence-electron chi connectivity index (χ1n) is 5.90. The Labute approximate surface area is 118 Å². The molecule has 1 amide bonds. The van der Waals surface area contributed by atoms with Crippen LogP contribution in [0, 0.1) is 0 Å². The number of carboxylic acids is 1. The first-order chi connectivity index (χ1) is 9.43. The summed E-state index contributed by atoms with van der Waals surface area (Å²) < 4.78 is 38.6. The molecule has 0 aliphatic heterocycles. The van der Waals surface area contributed by atoms with Gasteiger partial charge in [-0.1, -0.05) is 30.3 Å². The molecule has 1 rings (SSSR count). The van der Waals surface area contributed by atoms with Crippen LogP contribution in [-0.4, -0.2) is 28.7 Å². The lowest BCUT2D eigenvalue weighted by atomic mass is 9.90. The van der Waals surface area contributed by atoms with E-state index in [0.29, 0.717) is 6.92 Å². The smallest absolute Gasteiger partial charge is 0.422 e. The van der Waals surface area contributed by atoms with Crippen LogP contribution in [0.4, 0.5) is 13.2 Å². The maximum atomic E-state index is 12.9. The molecule has 0 spiro atoms. The third kappa shape index (κ3) is 3.15. The van der Waals surface area contributed by atoms with Crippen LogP contribution in [0.2, 0.25) is 0 Å². The fourth-order valence-corrected chi connectivity index (χ4v) is 1.52. The Hall–Kier alpha value is -2.09. The van der Waals surface area contributed by atoms with Crippen molar-refractivity contribution >= 4 is 11.9 Å². The molecule has 0 saturated carbocycles. The van der Waals surface area contributed by atoms with Crippen molar-refractivity contribution in [1.29, 1.82) is 0 Å². The minimum atomic E-state index is -5.17. The number of carboxylic acid groups (broad SMARTS) is 1. The molecule has 116 valence electrons. The van der Waals surface area contributed by atoms with Crippen molar-refractivity contribution in [3.8, 4) is 0 Å². The number of aliphatic carboxylic acids is 1. The molecule has 0 aromatic heterocycles. The molecule has 1 aromatic rings. The standard InChI is InChI=1S/C13H15F3N2O3/c1-11(17,8-6-4-3-5-7-8)9(19)18-12(2,10(20)21)13(14,15)16/h3-7H,17H2,1-2H3,(H,18,19)(H,20,21). The van der Waals surface area contributed by atoms with Gasteiger partial charge in [0, 0.05) is 0 Å². The molecule has 0 bridgehead atoms. The minimum absolute atomic E-state index is 0.261. The van der Waals surface area contributed by atoms with Crippen LogP contribution in [-0.2, 0) is 15.1 Å². The van der Waals surface area contributed by atoms with Gasteiger partial charge in [0.05, 0.1) is 0 Å². The van der Waals surface area contributed by atoms with E-state index >= 15 is 0 Å². The minimum Gasteiger partial charge on any atom is -0.479 e. The molecule has 2 atom stereocenters. The average molecular weight is 304 g/mol. The second-order valence-corrected chi connectivity index (χ2v) is 4.95. The zero-order chi connectivity index (χ0) is 16.5. The van der Waals surface area contributed by atoms with Gasteiger partial charge in [-0.15, -0.1) is 0 Å². The summed E-state index contributed by atoms with van der Waals surface area (Å²) in [6, 6.07) is 7.70. The van der Waals surface area contributed by atoms with E-state index in [4.69, 9.17) is 10.8 Å². The number of hydrogen-bond donors (Lipinski definition) is 3. The van der Waals surface area contributed by atoms with Gasteiger partial charge in [-0.25, -0.2) is 4.79 Å². The van der Waals surface area contributed by atoms with Gasteiger partial charge in [0.15, 0.2) is 0 Å². The first-order valence-corrected chi connectivity index (χ1v) is 5.90. The van der Waals surface area contributed by atoms with E-state index in [0.717, 1.165) is 0 Å². The summed E-state index contributed by atoms with van der Waals surface area (Å²) in [6.45, 7) is 1.57. The van der Waals surface area contributed by atoms with Crippen molar-refractivity contribution in [2.45, 2.75) is 31.1 Å². The summed E-state index contributed by atoms with van der Waals surface area (Å²) in [7, 11) is 0. The Bertz CT molecular complexity index is 543. The monoisotopic (exact) mass is 304 g/mol. The van der Waals surface area contributed by atoms with E-state index in [-0.39, 0.29) is 5.56 Å². The molecular formula is C13H15F3N2O3.